The molecular formula is C15H18N4O2S. The first-order valence-electron chi connectivity index (χ1n) is 7.37. The Bertz CT molecular complexity index is 611. The fourth-order valence-electron chi connectivity index (χ4n) is 2.34. The zero-order valence-electron chi connectivity index (χ0n) is 12.1. The molecule has 1 aliphatic heterocycles. The third kappa shape index (κ3) is 4.02. The molecule has 1 aliphatic rings. The van der Waals surface area contributed by atoms with Crippen molar-refractivity contribution in [2.75, 3.05) is 18.5 Å². The van der Waals surface area contributed by atoms with Gasteiger partial charge in [-0.1, -0.05) is 30.3 Å². The first kappa shape index (κ1) is 14.9. The minimum absolute atomic E-state index is 0.256. The van der Waals surface area contributed by atoms with Gasteiger partial charge in [0.1, 0.15) is 0 Å². The lowest BCUT2D eigenvalue weighted by Gasteiger charge is -2.09. The summed E-state index contributed by atoms with van der Waals surface area (Å²) in [6.45, 7) is 1.44. The van der Waals surface area contributed by atoms with Crippen LogP contribution in [0.5, 0.6) is 0 Å². The molecule has 1 atom stereocenters. The van der Waals surface area contributed by atoms with E-state index in [-0.39, 0.29) is 12.1 Å². The lowest BCUT2D eigenvalue weighted by Crippen LogP contribution is -2.31. The number of hydrogen-bond acceptors (Lipinski definition) is 5. The van der Waals surface area contributed by atoms with Crippen LogP contribution in [0.1, 0.15) is 19.3 Å². The molecule has 0 saturated carbocycles. The highest BCUT2D eigenvalue weighted by molar-refractivity contribution is 7.10. The highest BCUT2D eigenvalue weighted by Gasteiger charge is 2.15. The number of carbonyl (C=O) groups excluding carboxylic acids is 1. The predicted octanol–water partition coefficient (Wildman–Crippen LogP) is 2.90. The number of nitrogens with one attached hydrogen (secondary N) is 2. The molecule has 116 valence electrons. The molecule has 3 rings (SSSR count). The zero-order chi connectivity index (χ0) is 15.2. The van der Waals surface area contributed by atoms with Crippen LogP contribution in [0, 0.1) is 0 Å². The number of rotatable bonds is 5. The van der Waals surface area contributed by atoms with Gasteiger partial charge in [0, 0.05) is 30.2 Å². The number of ether oxygens (including phenoxy) is 1. The van der Waals surface area contributed by atoms with Crippen molar-refractivity contribution in [2.24, 2.45) is 0 Å². The van der Waals surface area contributed by atoms with E-state index in [1.54, 1.807) is 0 Å². The standard InChI is InChI=1S/C15H18N4O2S/c20-14(16-9-8-12-7-4-10-21-12)18-15-17-13(19-22-15)11-5-2-1-3-6-11/h1-3,5-6,12H,4,7-10H2,(H2,16,17,18,19,20)/t12-/m0/s1. The molecule has 1 aromatic heterocycles. The molecule has 2 amide bonds. The van der Waals surface area contributed by atoms with Crippen molar-refractivity contribution in [3.8, 4) is 11.4 Å². The van der Waals surface area contributed by atoms with E-state index < -0.39 is 0 Å². The Hall–Kier alpha value is -1.99. The Balaban J connectivity index is 1.46. The summed E-state index contributed by atoms with van der Waals surface area (Å²) in [6, 6.07) is 9.42. The zero-order valence-corrected chi connectivity index (χ0v) is 12.9. The van der Waals surface area contributed by atoms with Gasteiger partial charge in [-0.05, 0) is 19.3 Å². The topological polar surface area (TPSA) is 76.1 Å². The molecule has 1 fully saturated rings. The summed E-state index contributed by atoms with van der Waals surface area (Å²) in [7, 11) is 0. The van der Waals surface area contributed by atoms with E-state index >= 15 is 0 Å². The maximum atomic E-state index is 11.8. The molecule has 0 spiro atoms. The largest absolute Gasteiger partial charge is 0.378 e. The summed E-state index contributed by atoms with van der Waals surface area (Å²) in [6.07, 6.45) is 3.33. The quantitative estimate of drug-likeness (QED) is 0.889. The van der Waals surface area contributed by atoms with Crippen molar-refractivity contribution in [3.05, 3.63) is 30.3 Å². The summed E-state index contributed by atoms with van der Waals surface area (Å²) in [5.74, 6) is 0.625. The van der Waals surface area contributed by atoms with Crippen LogP contribution >= 0.6 is 11.5 Å². The van der Waals surface area contributed by atoms with Crippen LogP contribution in [-0.2, 0) is 4.74 Å². The highest BCUT2D eigenvalue weighted by atomic mass is 32.1. The van der Waals surface area contributed by atoms with Gasteiger partial charge in [0.2, 0.25) is 5.13 Å². The Labute approximate surface area is 133 Å². The van der Waals surface area contributed by atoms with E-state index in [0.29, 0.717) is 17.5 Å². The van der Waals surface area contributed by atoms with Crippen molar-refractivity contribution in [1.82, 2.24) is 14.7 Å². The van der Waals surface area contributed by atoms with Crippen molar-refractivity contribution in [2.45, 2.75) is 25.4 Å². The average Bonchev–Trinajstić information content (AvgIpc) is 3.20. The van der Waals surface area contributed by atoms with Crippen molar-refractivity contribution >= 4 is 22.7 Å². The Kier molecular flexibility index (Phi) is 4.97. The third-order valence-corrected chi connectivity index (χ3v) is 4.08. The smallest absolute Gasteiger partial charge is 0.321 e. The fraction of sp³-hybridized carbons (Fsp3) is 0.400. The van der Waals surface area contributed by atoms with Crippen LogP contribution in [0.2, 0.25) is 0 Å². The third-order valence-electron chi connectivity index (χ3n) is 3.45. The molecule has 6 nitrogen and oxygen atoms in total. The van der Waals surface area contributed by atoms with E-state index in [0.717, 1.165) is 31.4 Å². The van der Waals surface area contributed by atoms with E-state index in [4.69, 9.17) is 4.74 Å². The second-order valence-electron chi connectivity index (χ2n) is 5.09. The van der Waals surface area contributed by atoms with Gasteiger partial charge in [-0.2, -0.15) is 9.36 Å². The molecule has 2 aromatic rings. The Morgan fingerprint density at radius 2 is 2.23 bits per heavy atom. The number of urea groups is 1. The molecule has 22 heavy (non-hydrogen) atoms. The summed E-state index contributed by atoms with van der Waals surface area (Å²) in [5, 5.41) is 6.02. The molecule has 1 saturated heterocycles. The van der Waals surface area contributed by atoms with Crippen LogP contribution < -0.4 is 10.6 Å². The normalized spacial score (nSPS) is 17.4. The fourth-order valence-corrected chi connectivity index (χ4v) is 2.92. The average molecular weight is 318 g/mol. The summed E-state index contributed by atoms with van der Waals surface area (Å²) in [5.41, 5.74) is 0.936. The van der Waals surface area contributed by atoms with E-state index in [2.05, 4.69) is 20.0 Å². The molecule has 1 aromatic carbocycles. The van der Waals surface area contributed by atoms with Crippen LogP contribution in [0.15, 0.2) is 30.3 Å². The van der Waals surface area contributed by atoms with Crippen molar-refractivity contribution < 1.29 is 9.53 Å². The second kappa shape index (κ2) is 7.33. The molecule has 7 heteroatoms. The molecular weight excluding hydrogens is 300 g/mol. The molecule has 0 unspecified atom stereocenters. The Morgan fingerprint density at radius 1 is 1.36 bits per heavy atom. The van der Waals surface area contributed by atoms with Crippen LogP contribution in [0.4, 0.5) is 9.93 Å². The predicted molar refractivity (Wildman–Crippen MR) is 86.0 cm³/mol. The van der Waals surface area contributed by atoms with E-state index in [9.17, 15) is 4.79 Å². The van der Waals surface area contributed by atoms with E-state index in [1.165, 1.54) is 11.5 Å². The highest BCUT2D eigenvalue weighted by Crippen LogP contribution is 2.20. The van der Waals surface area contributed by atoms with Gasteiger partial charge in [-0.25, -0.2) is 4.79 Å². The SMILES string of the molecule is O=C(NCC[C@@H]1CCCO1)Nc1nc(-c2ccccc2)ns1. The van der Waals surface area contributed by atoms with E-state index in [1.807, 2.05) is 30.3 Å². The first-order valence-corrected chi connectivity index (χ1v) is 8.14. The number of aromatic nitrogens is 2. The molecule has 0 bridgehead atoms. The first-order chi connectivity index (χ1) is 10.8. The van der Waals surface area contributed by atoms with Crippen LogP contribution in [-0.4, -0.2) is 34.6 Å². The molecule has 0 radical (unpaired) electrons. The van der Waals surface area contributed by atoms with Gasteiger partial charge in [0.05, 0.1) is 6.10 Å². The minimum atomic E-state index is -0.256. The van der Waals surface area contributed by atoms with Crippen LogP contribution in [0.3, 0.4) is 0 Å². The summed E-state index contributed by atoms with van der Waals surface area (Å²) in [4.78, 5) is 16.1. The number of anilines is 1. The van der Waals surface area contributed by atoms with Crippen molar-refractivity contribution in [3.63, 3.8) is 0 Å². The number of nitrogens with zero attached hydrogens (tertiary/aromatic N) is 2. The van der Waals surface area contributed by atoms with Gasteiger partial charge in [0.25, 0.3) is 0 Å². The maximum absolute atomic E-state index is 11.8. The Morgan fingerprint density at radius 3 is 3.00 bits per heavy atom. The molecule has 2 N–H and O–H groups in total. The van der Waals surface area contributed by atoms with Gasteiger partial charge < -0.3 is 10.1 Å². The maximum Gasteiger partial charge on any atom is 0.321 e. The number of benzene rings is 1. The monoisotopic (exact) mass is 318 g/mol. The van der Waals surface area contributed by atoms with Gasteiger partial charge in [-0.3, -0.25) is 5.32 Å². The second-order valence-corrected chi connectivity index (χ2v) is 5.85. The lowest BCUT2D eigenvalue weighted by molar-refractivity contribution is 0.105. The summed E-state index contributed by atoms with van der Waals surface area (Å²) < 4.78 is 9.76. The lowest BCUT2D eigenvalue weighted by atomic mass is 10.2. The number of hydrogen-bond donors (Lipinski definition) is 2. The molecule has 2 heterocycles. The number of amides is 2. The molecule has 0 aliphatic carbocycles. The van der Waals surface area contributed by atoms with Gasteiger partial charge >= 0.3 is 6.03 Å². The van der Waals surface area contributed by atoms with Crippen molar-refractivity contribution in [1.29, 1.82) is 0 Å². The summed E-state index contributed by atoms with van der Waals surface area (Å²) >= 11 is 1.17. The van der Waals surface area contributed by atoms with Crippen LogP contribution in [0.25, 0.3) is 11.4 Å². The minimum Gasteiger partial charge on any atom is -0.378 e. The van der Waals surface area contributed by atoms with Gasteiger partial charge in [-0.15, -0.1) is 0 Å². The number of carbonyl (C=O) groups is 1. The van der Waals surface area contributed by atoms with Gasteiger partial charge in [0.15, 0.2) is 5.82 Å².